The molecule has 0 fully saturated rings. The lowest BCUT2D eigenvalue weighted by molar-refractivity contribution is 0.597. The Kier molecular flexibility index (Phi) is 3.98. The first kappa shape index (κ1) is 14.8. The van der Waals surface area contributed by atoms with E-state index < -0.39 is 10.0 Å². The summed E-state index contributed by atoms with van der Waals surface area (Å²) in [4.78, 5) is 4.37. The van der Waals surface area contributed by atoms with Crippen molar-refractivity contribution in [2.24, 2.45) is 5.14 Å². The van der Waals surface area contributed by atoms with Crippen LogP contribution in [0, 0.1) is 13.8 Å². The van der Waals surface area contributed by atoms with E-state index in [2.05, 4.69) is 10.3 Å². The van der Waals surface area contributed by atoms with E-state index in [1.165, 1.54) is 6.07 Å². The molecule has 1 heterocycles. The lowest BCUT2D eigenvalue weighted by Gasteiger charge is -2.13. The zero-order valence-corrected chi connectivity index (χ0v) is 12.8. The molecule has 0 saturated carbocycles. The van der Waals surface area contributed by atoms with Crippen LogP contribution < -0.4 is 16.2 Å². The van der Waals surface area contributed by atoms with Gasteiger partial charge in [0.2, 0.25) is 10.0 Å². The van der Waals surface area contributed by atoms with Crippen LogP contribution in [0.25, 0.3) is 0 Å². The Labute approximate surface area is 121 Å². The Bertz CT molecular complexity index is 738. The normalized spacial score (nSPS) is 11.6. The fourth-order valence-electron chi connectivity index (χ4n) is 1.84. The molecule has 0 atom stereocenters. The van der Waals surface area contributed by atoms with E-state index in [0.717, 1.165) is 10.7 Å². The summed E-state index contributed by atoms with van der Waals surface area (Å²) in [5.74, 6) is 0. The van der Waals surface area contributed by atoms with Crippen LogP contribution in [0.2, 0.25) is 0 Å². The highest BCUT2D eigenvalue weighted by Crippen LogP contribution is 2.26. The van der Waals surface area contributed by atoms with Gasteiger partial charge in [0.25, 0.3) is 0 Å². The first-order chi connectivity index (χ1) is 9.27. The van der Waals surface area contributed by atoms with Crippen molar-refractivity contribution in [1.82, 2.24) is 4.98 Å². The molecule has 0 saturated heterocycles. The second-order valence-electron chi connectivity index (χ2n) is 4.47. The molecule has 0 aliphatic heterocycles. The molecule has 1 aromatic heterocycles. The average Bonchev–Trinajstić information content (AvgIpc) is 2.74. The van der Waals surface area contributed by atoms with Crippen LogP contribution in [0.1, 0.15) is 16.3 Å². The van der Waals surface area contributed by atoms with Crippen LogP contribution in [0.15, 0.2) is 22.4 Å². The standard InChI is InChI=1S/C12H16N4O2S2/c1-7-6-19-12(16-7)5-15-10-3-9(13)4-11(8(10)2)20(14,17)18/h3-4,6,15H,5,13H2,1-2H3,(H2,14,17,18). The van der Waals surface area contributed by atoms with Gasteiger partial charge in [-0.25, -0.2) is 18.5 Å². The molecule has 0 spiro atoms. The predicted molar refractivity (Wildman–Crippen MR) is 81.1 cm³/mol. The number of benzene rings is 1. The fraction of sp³-hybridized carbons (Fsp3) is 0.250. The van der Waals surface area contributed by atoms with E-state index in [1.54, 1.807) is 24.3 Å². The van der Waals surface area contributed by atoms with Crippen LogP contribution in [0.4, 0.5) is 11.4 Å². The second-order valence-corrected chi connectivity index (χ2v) is 6.95. The topological polar surface area (TPSA) is 111 Å². The van der Waals surface area contributed by atoms with E-state index in [-0.39, 0.29) is 4.90 Å². The summed E-state index contributed by atoms with van der Waals surface area (Å²) < 4.78 is 23.0. The summed E-state index contributed by atoms with van der Waals surface area (Å²) in [6.07, 6.45) is 0. The summed E-state index contributed by atoms with van der Waals surface area (Å²) in [6, 6.07) is 3.05. The summed E-state index contributed by atoms with van der Waals surface area (Å²) in [5, 5.41) is 11.2. The smallest absolute Gasteiger partial charge is 0.238 e. The van der Waals surface area contributed by atoms with Crippen molar-refractivity contribution in [3.63, 3.8) is 0 Å². The molecule has 2 rings (SSSR count). The maximum atomic E-state index is 11.5. The molecular formula is C12H16N4O2S2. The third-order valence-corrected chi connectivity index (χ3v) is 4.79. The number of sulfonamides is 1. The quantitative estimate of drug-likeness (QED) is 0.743. The lowest BCUT2D eigenvalue weighted by atomic mass is 10.2. The molecule has 8 heteroatoms. The maximum absolute atomic E-state index is 11.5. The number of rotatable bonds is 4. The zero-order valence-electron chi connectivity index (χ0n) is 11.2. The van der Waals surface area contributed by atoms with E-state index in [1.807, 2.05) is 12.3 Å². The number of aromatic nitrogens is 1. The molecule has 5 N–H and O–H groups in total. The highest BCUT2D eigenvalue weighted by Gasteiger charge is 2.15. The summed E-state index contributed by atoms with van der Waals surface area (Å²) in [7, 11) is -3.79. The Hall–Kier alpha value is -1.64. The van der Waals surface area contributed by atoms with E-state index in [0.29, 0.717) is 23.5 Å². The van der Waals surface area contributed by atoms with Gasteiger partial charge in [-0.1, -0.05) is 0 Å². The largest absolute Gasteiger partial charge is 0.399 e. The lowest BCUT2D eigenvalue weighted by Crippen LogP contribution is -2.15. The minimum atomic E-state index is -3.79. The van der Waals surface area contributed by atoms with E-state index >= 15 is 0 Å². The summed E-state index contributed by atoms with van der Waals surface area (Å²) >= 11 is 1.54. The number of aryl methyl sites for hydroxylation is 1. The van der Waals surface area contributed by atoms with Gasteiger partial charge in [-0.15, -0.1) is 11.3 Å². The molecule has 1 aromatic carbocycles. The van der Waals surface area contributed by atoms with Crippen molar-refractivity contribution in [2.45, 2.75) is 25.3 Å². The van der Waals surface area contributed by atoms with Crippen molar-refractivity contribution in [2.75, 3.05) is 11.1 Å². The number of nitrogens with one attached hydrogen (secondary N) is 1. The third kappa shape index (κ3) is 3.27. The number of anilines is 2. The van der Waals surface area contributed by atoms with Gasteiger partial charge in [0.1, 0.15) is 5.01 Å². The van der Waals surface area contributed by atoms with Gasteiger partial charge in [-0.05, 0) is 31.5 Å². The highest BCUT2D eigenvalue weighted by atomic mass is 32.2. The Balaban J connectivity index is 2.30. The molecule has 0 aliphatic rings. The number of nitrogens with two attached hydrogens (primary N) is 2. The van der Waals surface area contributed by atoms with E-state index in [9.17, 15) is 8.42 Å². The first-order valence-corrected chi connectivity index (χ1v) is 8.28. The molecule has 6 nitrogen and oxygen atoms in total. The number of nitrogen functional groups attached to an aromatic ring is 1. The minimum Gasteiger partial charge on any atom is -0.399 e. The predicted octanol–water partition coefficient (Wildman–Crippen LogP) is 1.60. The Morgan fingerprint density at radius 1 is 1.35 bits per heavy atom. The molecule has 20 heavy (non-hydrogen) atoms. The fourth-order valence-corrected chi connectivity index (χ4v) is 3.39. The molecule has 0 radical (unpaired) electrons. The summed E-state index contributed by atoms with van der Waals surface area (Å²) in [5.41, 5.74) is 8.22. The molecule has 2 aromatic rings. The van der Waals surface area contributed by atoms with Crippen molar-refractivity contribution < 1.29 is 8.42 Å². The summed E-state index contributed by atoms with van der Waals surface area (Å²) in [6.45, 7) is 4.12. The van der Waals surface area contributed by atoms with Crippen molar-refractivity contribution in [3.05, 3.63) is 33.8 Å². The van der Waals surface area contributed by atoms with Gasteiger partial charge in [0, 0.05) is 22.4 Å². The van der Waals surface area contributed by atoms with Gasteiger partial charge in [0.05, 0.1) is 11.4 Å². The monoisotopic (exact) mass is 312 g/mol. The molecular weight excluding hydrogens is 296 g/mol. The van der Waals surface area contributed by atoms with Gasteiger partial charge in [-0.3, -0.25) is 0 Å². The maximum Gasteiger partial charge on any atom is 0.238 e. The van der Waals surface area contributed by atoms with Crippen LogP contribution in [0.5, 0.6) is 0 Å². The number of hydrogen-bond acceptors (Lipinski definition) is 6. The molecule has 0 aliphatic carbocycles. The number of thiazole rings is 1. The highest BCUT2D eigenvalue weighted by molar-refractivity contribution is 7.89. The van der Waals surface area contributed by atoms with Crippen molar-refractivity contribution in [1.29, 1.82) is 0 Å². The number of nitrogens with zero attached hydrogens (tertiary/aromatic N) is 1. The Morgan fingerprint density at radius 2 is 2.05 bits per heavy atom. The number of hydrogen-bond donors (Lipinski definition) is 3. The minimum absolute atomic E-state index is 0.0373. The molecule has 108 valence electrons. The SMILES string of the molecule is Cc1csc(CNc2cc(N)cc(S(N)(=O)=O)c2C)n1. The molecule has 0 bridgehead atoms. The van der Waals surface area contributed by atoms with Crippen LogP contribution in [0.3, 0.4) is 0 Å². The average molecular weight is 312 g/mol. The Morgan fingerprint density at radius 3 is 2.60 bits per heavy atom. The third-order valence-electron chi connectivity index (χ3n) is 2.79. The van der Waals surface area contributed by atoms with E-state index in [4.69, 9.17) is 10.9 Å². The molecule has 0 unspecified atom stereocenters. The van der Waals surface area contributed by atoms with Gasteiger partial charge < -0.3 is 11.1 Å². The second kappa shape index (κ2) is 5.39. The van der Waals surface area contributed by atoms with Crippen molar-refractivity contribution >= 4 is 32.7 Å². The van der Waals surface area contributed by atoms with Crippen LogP contribution in [-0.2, 0) is 16.6 Å². The van der Waals surface area contributed by atoms with Crippen molar-refractivity contribution in [3.8, 4) is 0 Å². The zero-order chi connectivity index (χ0) is 14.9. The molecule has 0 amide bonds. The van der Waals surface area contributed by atoms with Crippen LogP contribution in [-0.4, -0.2) is 13.4 Å². The van der Waals surface area contributed by atoms with Gasteiger partial charge in [-0.2, -0.15) is 0 Å². The number of primary sulfonamides is 1. The first-order valence-electron chi connectivity index (χ1n) is 5.85. The van der Waals surface area contributed by atoms with Gasteiger partial charge in [0.15, 0.2) is 0 Å². The van der Waals surface area contributed by atoms with Gasteiger partial charge >= 0.3 is 0 Å². The van der Waals surface area contributed by atoms with Crippen LogP contribution >= 0.6 is 11.3 Å².